The Balaban J connectivity index is 2.33. The number of furan rings is 1. The second-order valence-electron chi connectivity index (χ2n) is 3.80. The van der Waals surface area contributed by atoms with Crippen LogP contribution in [0, 0.1) is 0 Å². The van der Waals surface area contributed by atoms with Crippen LogP contribution in [0.15, 0.2) is 59.7 Å². The minimum absolute atomic E-state index is 0.818. The number of para-hydroxylation sites is 1. The Morgan fingerprint density at radius 3 is 2.76 bits per heavy atom. The van der Waals surface area contributed by atoms with Crippen LogP contribution in [0.25, 0.3) is 28.3 Å². The molecule has 0 fully saturated rings. The smallest absolute Gasteiger partial charge is 0.136 e. The van der Waals surface area contributed by atoms with E-state index in [-0.39, 0.29) is 0 Å². The Hall–Kier alpha value is -2.35. The molecule has 0 bridgehead atoms. The standard InChI is InChI=1S/C15H11NO/c1-2-13-12(15-8-5-9-17-15)10-11-6-3-4-7-14(11)16-13/h2-10H,1H2. The van der Waals surface area contributed by atoms with Gasteiger partial charge >= 0.3 is 0 Å². The summed E-state index contributed by atoms with van der Waals surface area (Å²) in [6, 6.07) is 13.9. The van der Waals surface area contributed by atoms with Gasteiger partial charge in [-0.1, -0.05) is 24.8 Å². The van der Waals surface area contributed by atoms with E-state index in [0.29, 0.717) is 0 Å². The third kappa shape index (κ3) is 1.64. The Kier molecular flexibility index (Phi) is 2.26. The summed E-state index contributed by atoms with van der Waals surface area (Å²) in [6.45, 7) is 3.80. The van der Waals surface area contributed by atoms with E-state index in [1.807, 2.05) is 36.4 Å². The first-order valence-electron chi connectivity index (χ1n) is 5.44. The molecule has 0 amide bonds. The van der Waals surface area contributed by atoms with Gasteiger partial charge in [0.2, 0.25) is 0 Å². The number of nitrogens with zero attached hydrogens (tertiary/aromatic N) is 1. The molecule has 0 radical (unpaired) electrons. The molecule has 82 valence electrons. The van der Waals surface area contributed by atoms with E-state index < -0.39 is 0 Å². The summed E-state index contributed by atoms with van der Waals surface area (Å²) in [4.78, 5) is 4.57. The highest BCUT2D eigenvalue weighted by Crippen LogP contribution is 2.27. The highest BCUT2D eigenvalue weighted by molar-refractivity contribution is 5.86. The first-order chi connectivity index (χ1) is 8.38. The number of rotatable bonds is 2. The predicted octanol–water partition coefficient (Wildman–Crippen LogP) is 4.14. The number of benzene rings is 1. The topological polar surface area (TPSA) is 26.0 Å². The lowest BCUT2D eigenvalue weighted by atomic mass is 10.1. The molecule has 0 saturated heterocycles. The van der Waals surface area contributed by atoms with Gasteiger partial charge in [0, 0.05) is 10.9 Å². The Morgan fingerprint density at radius 1 is 1.12 bits per heavy atom. The Bertz CT molecular complexity index is 668. The third-order valence-electron chi connectivity index (χ3n) is 2.73. The SMILES string of the molecule is C=Cc1nc2ccccc2cc1-c1ccco1. The van der Waals surface area contributed by atoms with Gasteiger partial charge < -0.3 is 4.42 Å². The van der Waals surface area contributed by atoms with E-state index in [9.17, 15) is 0 Å². The Morgan fingerprint density at radius 2 is 2.00 bits per heavy atom. The fraction of sp³-hybridized carbons (Fsp3) is 0. The highest BCUT2D eigenvalue weighted by atomic mass is 16.3. The molecule has 0 aliphatic carbocycles. The monoisotopic (exact) mass is 221 g/mol. The number of fused-ring (bicyclic) bond motifs is 1. The first kappa shape index (κ1) is 9.85. The summed E-state index contributed by atoms with van der Waals surface area (Å²) >= 11 is 0. The zero-order chi connectivity index (χ0) is 11.7. The van der Waals surface area contributed by atoms with Crippen molar-refractivity contribution in [2.75, 3.05) is 0 Å². The molecule has 0 saturated carbocycles. The van der Waals surface area contributed by atoms with E-state index in [0.717, 1.165) is 27.9 Å². The summed E-state index contributed by atoms with van der Waals surface area (Å²) in [7, 11) is 0. The lowest BCUT2D eigenvalue weighted by molar-refractivity contribution is 0.582. The van der Waals surface area contributed by atoms with Gasteiger partial charge in [-0.05, 0) is 30.3 Å². The van der Waals surface area contributed by atoms with Gasteiger partial charge in [0.05, 0.1) is 17.5 Å². The molecule has 2 nitrogen and oxygen atoms in total. The van der Waals surface area contributed by atoms with Crippen molar-refractivity contribution in [3.63, 3.8) is 0 Å². The first-order valence-corrected chi connectivity index (χ1v) is 5.44. The molecule has 0 aliphatic heterocycles. The van der Waals surface area contributed by atoms with Crippen molar-refractivity contribution in [1.82, 2.24) is 4.98 Å². The summed E-state index contributed by atoms with van der Waals surface area (Å²) in [6.07, 6.45) is 3.42. The van der Waals surface area contributed by atoms with Gasteiger partial charge in [-0.2, -0.15) is 0 Å². The highest BCUT2D eigenvalue weighted by Gasteiger charge is 2.08. The van der Waals surface area contributed by atoms with Crippen molar-refractivity contribution in [2.24, 2.45) is 0 Å². The number of hydrogen-bond acceptors (Lipinski definition) is 2. The van der Waals surface area contributed by atoms with E-state index in [2.05, 4.69) is 17.6 Å². The number of aromatic nitrogens is 1. The quantitative estimate of drug-likeness (QED) is 0.650. The van der Waals surface area contributed by atoms with Gasteiger partial charge in [0.15, 0.2) is 0 Å². The average Bonchev–Trinajstić information content (AvgIpc) is 2.91. The normalized spacial score (nSPS) is 10.6. The predicted molar refractivity (Wildman–Crippen MR) is 69.5 cm³/mol. The van der Waals surface area contributed by atoms with Crippen molar-refractivity contribution in [3.05, 3.63) is 61.0 Å². The molecule has 1 aromatic carbocycles. The molecule has 2 heteroatoms. The van der Waals surface area contributed by atoms with Crippen molar-refractivity contribution in [2.45, 2.75) is 0 Å². The lowest BCUT2D eigenvalue weighted by Gasteiger charge is -2.05. The van der Waals surface area contributed by atoms with Gasteiger partial charge in [0.25, 0.3) is 0 Å². The lowest BCUT2D eigenvalue weighted by Crippen LogP contribution is -1.88. The summed E-state index contributed by atoms with van der Waals surface area (Å²) in [5, 5.41) is 1.10. The van der Waals surface area contributed by atoms with Gasteiger partial charge in [-0.3, -0.25) is 0 Å². The average molecular weight is 221 g/mol. The molecule has 0 unspecified atom stereocenters. The maximum atomic E-state index is 5.42. The van der Waals surface area contributed by atoms with Gasteiger partial charge in [0.1, 0.15) is 5.76 Å². The van der Waals surface area contributed by atoms with E-state index >= 15 is 0 Å². The molecular formula is C15H11NO. The number of hydrogen-bond donors (Lipinski definition) is 0. The zero-order valence-electron chi connectivity index (χ0n) is 9.26. The Labute approximate surface area is 99.2 Å². The van der Waals surface area contributed by atoms with E-state index in [4.69, 9.17) is 4.42 Å². The minimum atomic E-state index is 0.818. The van der Waals surface area contributed by atoms with Crippen molar-refractivity contribution < 1.29 is 4.42 Å². The minimum Gasteiger partial charge on any atom is -0.464 e. The molecular weight excluding hydrogens is 210 g/mol. The van der Waals surface area contributed by atoms with Crippen LogP contribution in [0.4, 0.5) is 0 Å². The van der Waals surface area contributed by atoms with Crippen LogP contribution in [0.2, 0.25) is 0 Å². The summed E-state index contributed by atoms with van der Waals surface area (Å²) < 4.78 is 5.42. The second-order valence-corrected chi connectivity index (χ2v) is 3.80. The molecule has 3 rings (SSSR count). The molecule has 2 aromatic heterocycles. The van der Waals surface area contributed by atoms with Crippen molar-refractivity contribution in [3.8, 4) is 11.3 Å². The maximum Gasteiger partial charge on any atom is 0.136 e. The molecule has 17 heavy (non-hydrogen) atoms. The third-order valence-corrected chi connectivity index (χ3v) is 2.73. The van der Waals surface area contributed by atoms with Gasteiger partial charge in [-0.15, -0.1) is 0 Å². The molecule has 2 heterocycles. The van der Waals surface area contributed by atoms with Crippen LogP contribution in [0.5, 0.6) is 0 Å². The number of pyridine rings is 1. The maximum absolute atomic E-state index is 5.42. The summed E-state index contributed by atoms with van der Waals surface area (Å²) in [5.41, 5.74) is 2.79. The van der Waals surface area contributed by atoms with Crippen LogP contribution < -0.4 is 0 Å². The van der Waals surface area contributed by atoms with Crippen molar-refractivity contribution >= 4 is 17.0 Å². The molecule has 3 aromatic rings. The van der Waals surface area contributed by atoms with E-state index in [1.165, 1.54) is 0 Å². The second kappa shape index (κ2) is 3.91. The zero-order valence-corrected chi connectivity index (χ0v) is 9.26. The van der Waals surface area contributed by atoms with Crippen LogP contribution in [0.3, 0.4) is 0 Å². The summed E-state index contributed by atoms with van der Waals surface area (Å²) in [5.74, 6) is 0.818. The molecule has 0 atom stereocenters. The molecule has 0 spiro atoms. The van der Waals surface area contributed by atoms with Crippen molar-refractivity contribution in [1.29, 1.82) is 0 Å². The van der Waals surface area contributed by atoms with E-state index in [1.54, 1.807) is 12.3 Å². The van der Waals surface area contributed by atoms with Crippen LogP contribution in [-0.4, -0.2) is 4.98 Å². The van der Waals surface area contributed by atoms with Crippen LogP contribution >= 0.6 is 0 Å². The molecule has 0 N–H and O–H groups in total. The van der Waals surface area contributed by atoms with Crippen LogP contribution in [0.1, 0.15) is 5.69 Å². The largest absolute Gasteiger partial charge is 0.464 e. The molecule has 0 aliphatic rings. The fourth-order valence-electron chi connectivity index (χ4n) is 1.92. The van der Waals surface area contributed by atoms with Gasteiger partial charge in [-0.25, -0.2) is 4.98 Å². The fourth-order valence-corrected chi connectivity index (χ4v) is 1.92. The van der Waals surface area contributed by atoms with Crippen LogP contribution in [-0.2, 0) is 0 Å².